The third kappa shape index (κ3) is 3.30. The molecule has 0 bridgehead atoms. The van der Waals surface area contributed by atoms with Gasteiger partial charge in [-0.15, -0.1) is 11.8 Å². The molecular weight excluding hydrogens is 288 g/mol. The Bertz CT molecular complexity index is 404. The second kappa shape index (κ2) is 6.90. The van der Waals surface area contributed by atoms with Crippen molar-refractivity contribution in [3.63, 3.8) is 0 Å². The number of urea groups is 1. The Morgan fingerprint density at radius 3 is 2.52 bits per heavy atom. The number of carbonyl (C=O) groups is 2. The quantitative estimate of drug-likeness (QED) is 0.837. The standard InChI is InChI=1S/C15H26N2O3S/c1-4-10-6-7-11(9(10)3)16-15(20)17-12(14(18)19)8-21-13(17)5-2/h9-13H,4-8H2,1-3H3,(H,16,20)(H,18,19). The smallest absolute Gasteiger partial charge is 0.327 e. The molecular formula is C15H26N2O3S. The summed E-state index contributed by atoms with van der Waals surface area (Å²) >= 11 is 1.56. The molecule has 1 aliphatic heterocycles. The van der Waals surface area contributed by atoms with Crippen LogP contribution in [0.15, 0.2) is 0 Å². The van der Waals surface area contributed by atoms with Crippen LogP contribution in [0.25, 0.3) is 0 Å². The summed E-state index contributed by atoms with van der Waals surface area (Å²) in [6.45, 7) is 6.38. The molecule has 2 rings (SSSR count). The summed E-state index contributed by atoms with van der Waals surface area (Å²) in [5.74, 6) is 0.719. The summed E-state index contributed by atoms with van der Waals surface area (Å²) < 4.78 is 0. The van der Waals surface area contributed by atoms with Gasteiger partial charge in [-0.1, -0.05) is 27.2 Å². The lowest BCUT2D eigenvalue weighted by Gasteiger charge is -2.30. The summed E-state index contributed by atoms with van der Waals surface area (Å²) in [5, 5.41) is 12.4. The van der Waals surface area contributed by atoms with Crippen LogP contribution >= 0.6 is 11.8 Å². The number of carboxylic acids is 1. The fourth-order valence-electron chi connectivity index (χ4n) is 3.60. The van der Waals surface area contributed by atoms with Crippen LogP contribution < -0.4 is 5.32 Å². The third-order valence-corrected chi connectivity index (χ3v) is 6.47. The first-order valence-corrected chi connectivity index (χ1v) is 8.97. The number of nitrogens with one attached hydrogen (secondary N) is 1. The minimum Gasteiger partial charge on any atom is -0.480 e. The molecule has 2 N–H and O–H groups in total. The van der Waals surface area contributed by atoms with Gasteiger partial charge in [0.05, 0.1) is 5.37 Å². The van der Waals surface area contributed by atoms with Gasteiger partial charge in [-0.2, -0.15) is 0 Å². The van der Waals surface area contributed by atoms with E-state index >= 15 is 0 Å². The molecule has 0 aromatic rings. The highest BCUT2D eigenvalue weighted by Gasteiger charge is 2.42. The van der Waals surface area contributed by atoms with Crippen LogP contribution in [0.2, 0.25) is 0 Å². The lowest BCUT2D eigenvalue weighted by Crippen LogP contribution is -2.53. The van der Waals surface area contributed by atoms with Gasteiger partial charge in [0.15, 0.2) is 0 Å². The molecule has 2 fully saturated rings. The monoisotopic (exact) mass is 314 g/mol. The Hall–Kier alpha value is -0.910. The SMILES string of the molecule is CCC1CCC(NC(=O)N2C(CC)SCC2C(=O)O)C1C. The average Bonchev–Trinajstić information content (AvgIpc) is 3.03. The Morgan fingerprint density at radius 1 is 1.29 bits per heavy atom. The number of hydrogen-bond donors (Lipinski definition) is 2. The predicted octanol–water partition coefficient (Wildman–Crippen LogP) is 2.76. The van der Waals surface area contributed by atoms with E-state index in [1.54, 1.807) is 16.7 Å². The van der Waals surface area contributed by atoms with E-state index in [2.05, 4.69) is 19.2 Å². The number of amides is 2. The van der Waals surface area contributed by atoms with Crippen molar-refractivity contribution in [1.29, 1.82) is 0 Å². The molecule has 0 spiro atoms. The molecule has 2 amide bonds. The van der Waals surface area contributed by atoms with Crippen molar-refractivity contribution in [2.45, 2.75) is 63.9 Å². The number of thioether (sulfide) groups is 1. The lowest BCUT2D eigenvalue weighted by atomic mass is 9.93. The van der Waals surface area contributed by atoms with E-state index in [-0.39, 0.29) is 17.4 Å². The largest absolute Gasteiger partial charge is 0.480 e. The minimum atomic E-state index is -0.903. The maximum atomic E-state index is 12.6. The van der Waals surface area contributed by atoms with Gasteiger partial charge in [0.1, 0.15) is 6.04 Å². The van der Waals surface area contributed by atoms with Gasteiger partial charge in [0.2, 0.25) is 0 Å². The highest BCUT2D eigenvalue weighted by Crippen LogP contribution is 2.35. The number of nitrogens with zero attached hydrogens (tertiary/aromatic N) is 1. The molecule has 21 heavy (non-hydrogen) atoms. The summed E-state index contributed by atoms with van der Waals surface area (Å²) in [6, 6.07) is -0.716. The molecule has 1 aliphatic carbocycles. The molecule has 5 unspecified atom stereocenters. The highest BCUT2D eigenvalue weighted by atomic mass is 32.2. The second-order valence-corrected chi connectivity index (χ2v) is 7.33. The molecule has 0 aromatic carbocycles. The molecule has 1 saturated heterocycles. The van der Waals surface area contributed by atoms with Crippen LogP contribution in [-0.2, 0) is 4.79 Å². The van der Waals surface area contributed by atoms with Gasteiger partial charge in [-0.25, -0.2) is 9.59 Å². The van der Waals surface area contributed by atoms with Crippen LogP contribution in [0.4, 0.5) is 4.79 Å². The number of carbonyl (C=O) groups excluding carboxylic acids is 1. The van der Waals surface area contributed by atoms with Crippen LogP contribution in [-0.4, -0.2) is 45.2 Å². The van der Waals surface area contributed by atoms with Crippen LogP contribution in [0, 0.1) is 11.8 Å². The maximum absolute atomic E-state index is 12.6. The van der Waals surface area contributed by atoms with Crippen molar-refractivity contribution in [1.82, 2.24) is 10.2 Å². The summed E-state index contributed by atoms with van der Waals surface area (Å²) in [6.07, 6.45) is 4.07. The number of hydrogen-bond acceptors (Lipinski definition) is 3. The highest BCUT2D eigenvalue weighted by molar-refractivity contribution is 8.00. The zero-order valence-electron chi connectivity index (χ0n) is 13.0. The summed E-state index contributed by atoms with van der Waals surface area (Å²) in [7, 11) is 0. The van der Waals surface area contributed by atoms with Gasteiger partial charge >= 0.3 is 12.0 Å². The van der Waals surface area contributed by atoms with Crippen molar-refractivity contribution in [3.8, 4) is 0 Å². The first-order valence-electron chi connectivity index (χ1n) is 7.92. The fraction of sp³-hybridized carbons (Fsp3) is 0.867. The van der Waals surface area contributed by atoms with Gasteiger partial charge in [0, 0.05) is 11.8 Å². The first-order chi connectivity index (χ1) is 9.99. The van der Waals surface area contributed by atoms with Crippen LogP contribution in [0.1, 0.15) is 46.5 Å². The third-order valence-electron chi connectivity index (χ3n) is 5.02. The van der Waals surface area contributed by atoms with Crippen LogP contribution in [0.3, 0.4) is 0 Å². The zero-order valence-corrected chi connectivity index (χ0v) is 13.9. The van der Waals surface area contributed by atoms with Gasteiger partial charge in [-0.3, -0.25) is 4.90 Å². The molecule has 0 aromatic heterocycles. The van der Waals surface area contributed by atoms with Crippen molar-refractivity contribution in [2.75, 3.05) is 5.75 Å². The topological polar surface area (TPSA) is 69.6 Å². The molecule has 1 heterocycles. The van der Waals surface area contributed by atoms with E-state index in [4.69, 9.17) is 0 Å². The first kappa shape index (κ1) is 16.5. The van der Waals surface area contributed by atoms with Crippen molar-refractivity contribution >= 4 is 23.8 Å². The number of aliphatic carboxylic acids is 1. The fourth-order valence-corrected chi connectivity index (χ4v) is 4.95. The summed E-state index contributed by atoms with van der Waals surface area (Å²) in [4.78, 5) is 25.4. The average molecular weight is 314 g/mol. The molecule has 2 aliphatic rings. The van der Waals surface area contributed by atoms with E-state index in [0.29, 0.717) is 17.6 Å². The Morgan fingerprint density at radius 2 is 2.00 bits per heavy atom. The van der Waals surface area contributed by atoms with E-state index in [9.17, 15) is 14.7 Å². The zero-order chi connectivity index (χ0) is 15.6. The van der Waals surface area contributed by atoms with E-state index in [1.807, 2.05) is 6.92 Å². The van der Waals surface area contributed by atoms with Gasteiger partial charge in [-0.05, 0) is 31.1 Å². The minimum absolute atomic E-state index is 0.0234. The Kier molecular flexibility index (Phi) is 5.41. The van der Waals surface area contributed by atoms with Crippen molar-refractivity contribution in [2.24, 2.45) is 11.8 Å². The van der Waals surface area contributed by atoms with E-state index in [0.717, 1.165) is 25.7 Å². The van der Waals surface area contributed by atoms with Crippen molar-refractivity contribution < 1.29 is 14.7 Å². The Balaban J connectivity index is 2.02. The van der Waals surface area contributed by atoms with Crippen molar-refractivity contribution in [3.05, 3.63) is 0 Å². The molecule has 5 nitrogen and oxygen atoms in total. The molecule has 5 atom stereocenters. The molecule has 6 heteroatoms. The van der Waals surface area contributed by atoms with Crippen LogP contribution in [0.5, 0.6) is 0 Å². The molecule has 0 radical (unpaired) electrons. The number of carboxylic acid groups (broad SMARTS) is 1. The molecule has 1 saturated carbocycles. The second-order valence-electron chi connectivity index (χ2n) is 6.12. The normalized spacial score (nSPS) is 36.0. The Labute approximate surface area is 130 Å². The number of rotatable bonds is 4. The van der Waals surface area contributed by atoms with Gasteiger partial charge < -0.3 is 10.4 Å². The van der Waals surface area contributed by atoms with E-state index < -0.39 is 12.0 Å². The van der Waals surface area contributed by atoms with Gasteiger partial charge in [0.25, 0.3) is 0 Å². The summed E-state index contributed by atoms with van der Waals surface area (Å²) in [5.41, 5.74) is 0. The predicted molar refractivity (Wildman–Crippen MR) is 84.3 cm³/mol. The maximum Gasteiger partial charge on any atom is 0.327 e. The van der Waals surface area contributed by atoms with E-state index in [1.165, 1.54) is 0 Å². The molecule has 120 valence electrons. The lowest BCUT2D eigenvalue weighted by molar-refractivity contribution is -0.141.